The quantitative estimate of drug-likeness (QED) is 0.781. The van der Waals surface area contributed by atoms with Gasteiger partial charge in [-0.05, 0) is 25.3 Å². The average Bonchev–Trinajstić information content (AvgIpc) is 1.90. The van der Waals surface area contributed by atoms with Crippen molar-refractivity contribution in [2.24, 2.45) is 11.7 Å². The minimum Gasteiger partial charge on any atom is -0.330 e. The zero-order valence-electron chi connectivity index (χ0n) is 5.71. The molecule has 0 aromatic rings. The Morgan fingerprint density at radius 2 is 1.67 bits per heavy atom. The molecular weight excluding hydrogens is 293 g/mol. The molecule has 1 nitrogen and oxygen atoms in total. The molecule has 1 fully saturated rings. The molecule has 0 radical (unpaired) electrons. The summed E-state index contributed by atoms with van der Waals surface area (Å²) in [7, 11) is 0. The van der Waals surface area contributed by atoms with E-state index in [1.807, 2.05) is 0 Å². The van der Waals surface area contributed by atoms with E-state index in [4.69, 9.17) is 5.73 Å². The van der Waals surface area contributed by atoms with E-state index in [0.29, 0.717) is 0 Å². The summed E-state index contributed by atoms with van der Waals surface area (Å²) in [6, 6.07) is 0. The SMILES string of the molecule is NCC1CCCCC1.[Pt+4]. The summed E-state index contributed by atoms with van der Waals surface area (Å²) >= 11 is 0. The molecule has 1 saturated carbocycles. The van der Waals surface area contributed by atoms with Gasteiger partial charge in [0.05, 0.1) is 0 Å². The van der Waals surface area contributed by atoms with Gasteiger partial charge in [-0.2, -0.15) is 0 Å². The fourth-order valence-corrected chi connectivity index (χ4v) is 1.42. The molecule has 0 spiro atoms. The average molecular weight is 308 g/mol. The van der Waals surface area contributed by atoms with Crippen LogP contribution < -0.4 is 5.73 Å². The Balaban J connectivity index is 0.000000640. The van der Waals surface area contributed by atoms with Crippen LogP contribution in [0.4, 0.5) is 0 Å². The molecule has 2 heteroatoms. The second kappa shape index (κ2) is 5.43. The number of nitrogens with two attached hydrogens (primary N) is 1. The smallest absolute Gasteiger partial charge is 0.330 e. The molecule has 0 aromatic heterocycles. The molecule has 0 amide bonds. The van der Waals surface area contributed by atoms with E-state index in [2.05, 4.69) is 0 Å². The Morgan fingerprint density at radius 1 is 1.11 bits per heavy atom. The largest absolute Gasteiger partial charge is 4.00 e. The molecule has 0 bridgehead atoms. The molecule has 0 saturated heterocycles. The zero-order chi connectivity index (χ0) is 5.82. The minimum absolute atomic E-state index is 0. The summed E-state index contributed by atoms with van der Waals surface area (Å²) in [5, 5.41) is 0. The molecule has 9 heavy (non-hydrogen) atoms. The van der Waals surface area contributed by atoms with Gasteiger partial charge >= 0.3 is 21.1 Å². The normalized spacial score (nSPS) is 21.0. The van der Waals surface area contributed by atoms with Crippen LogP contribution in [0, 0.1) is 5.92 Å². The molecule has 0 atom stereocenters. The third-order valence-electron chi connectivity index (χ3n) is 2.06. The maximum absolute atomic E-state index is 5.50. The van der Waals surface area contributed by atoms with Crippen molar-refractivity contribution >= 4 is 0 Å². The first-order chi connectivity index (χ1) is 3.93. The fraction of sp³-hybridized carbons (Fsp3) is 1.00. The molecule has 0 heterocycles. The summed E-state index contributed by atoms with van der Waals surface area (Å²) < 4.78 is 0. The summed E-state index contributed by atoms with van der Waals surface area (Å²) in [5.41, 5.74) is 5.50. The van der Waals surface area contributed by atoms with Gasteiger partial charge in [-0.3, -0.25) is 0 Å². The summed E-state index contributed by atoms with van der Waals surface area (Å²) in [6.07, 6.45) is 7.05. The molecule has 54 valence electrons. The van der Waals surface area contributed by atoms with Crippen LogP contribution in [-0.4, -0.2) is 6.54 Å². The van der Waals surface area contributed by atoms with Crippen LogP contribution in [0.15, 0.2) is 0 Å². The van der Waals surface area contributed by atoms with Crippen LogP contribution in [0.1, 0.15) is 32.1 Å². The van der Waals surface area contributed by atoms with Crippen LogP contribution in [0.3, 0.4) is 0 Å². The number of hydrogen-bond acceptors (Lipinski definition) is 1. The van der Waals surface area contributed by atoms with Crippen LogP contribution in [0.25, 0.3) is 0 Å². The third kappa shape index (κ3) is 3.37. The summed E-state index contributed by atoms with van der Waals surface area (Å²) in [4.78, 5) is 0. The topological polar surface area (TPSA) is 26.0 Å². The maximum atomic E-state index is 5.50. The first kappa shape index (κ1) is 9.65. The van der Waals surface area contributed by atoms with Gasteiger partial charge in [0.25, 0.3) is 0 Å². The first-order valence-corrected chi connectivity index (χ1v) is 3.63. The molecule has 1 aliphatic carbocycles. The zero-order valence-corrected chi connectivity index (χ0v) is 7.99. The predicted molar refractivity (Wildman–Crippen MR) is 35.6 cm³/mol. The van der Waals surface area contributed by atoms with Crippen molar-refractivity contribution in [3.8, 4) is 0 Å². The second-order valence-electron chi connectivity index (χ2n) is 2.74. The Morgan fingerprint density at radius 3 is 2.00 bits per heavy atom. The summed E-state index contributed by atoms with van der Waals surface area (Å²) in [6.45, 7) is 0.917. The van der Waals surface area contributed by atoms with Gasteiger partial charge in [0, 0.05) is 0 Å². The van der Waals surface area contributed by atoms with Crippen LogP contribution >= 0.6 is 0 Å². The van der Waals surface area contributed by atoms with Crippen LogP contribution in [-0.2, 0) is 21.1 Å². The summed E-state index contributed by atoms with van der Waals surface area (Å²) in [5.74, 6) is 0.865. The van der Waals surface area contributed by atoms with Crippen LogP contribution in [0.2, 0.25) is 0 Å². The van der Waals surface area contributed by atoms with Gasteiger partial charge in [0.2, 0.25) is 0 Å². The van der Waals surface area contributed by atoms with Crippen molar-refractivity contribution in [3.05, 3.63) is 0 Å². The van der Waals surface area contributed by atoms with Gasteiger partial charge in [-0.25, -0.2) is 0 Å². The van der Waals surface area contributed by atoms with Crippen LogP contribution in [0.5, 0.6) is 0 Å². The van der Waals surface area contributed by atoms with E-state index >= 15 is 0 Å². The van der Waals surface area contributed by atoms with Gasteiger partial charge < -0.3 is 5.73 Å². The fourth-order valence-electron chi connectivity index (χ4n) is 1.42. The van der Waals surface area contributed by atoms with E-state index in [9.17, 15) is 0 Å². The van der Waals surface area contributed by atoms with E-state index in [1.165, 1.54) is 32.1 Å². The second-order valence-corrected chi connectivity index (χ2v) is 2.74. The van der Waals surface area contributed by atoms with Gasteiger partial charge in [0.1, 0.15) is 0 Å². The monoisotopic (exact) mass is 308 g/mol. The molecule has 1 aliphatic rings. The van der Waals surface area contributed by atoms with E-state index in [0.717, 1.165) is 12.5 Å². The van der Waals surface area contributed by atoms with Crippen molar-refractivity contribution in [1.29, 1.82) is 0 Å². The molecule has 2 N–H and O–H groups in total. The Bertz CT molecular complexity index is 59.9. The van der Waals surface area contributed by atoms with Crippen molar-refractivity contribution in [2.75, 3.05) is 6.54 Å². The van der Waals surface area contributed by atoms with Gasteiger partial charge in [-0.15, -0.1) is 0 Å². The maximum Gasteiger partial charge on any atom is 4.00 e. The number of hydrogen-bond donors (Lipinski definition) is 1. The van der Waals surface area contributed by atoms with Crippen molar-refractivity contribution in [3.63, 3.8) is 0 Å². The Hall–Kier alpha value is 0.648. The molecule has 0 aliphatic heterocycles. The number of rotatable bonds is 1. The van der Waals surface area contributed by atoms with E-state index in [-0.39, 0.29) is 21.1 Å². The Kier molecular flexibility index (Phi) is 5.83. The molecule has 0 unspecified atom stereocenters. The minimum atomic E-state index is 0. The first-order valence-electron chi connectivity index (χ1n) is 3.63. The molecular formula is C7H15NPt+4. The van der Waals surface area contributed by atoms with Gasteiger partial charge in [0.15, 0.2) is 0 Å². The van der Waals surface area contributed by atoms with E-state index < -0.39 is 0 Å². The van der Waals surface area contributed by atoms with Gasteiger partial charge in [-0.1, -0.05) is 19.3 Å². The van der Waals surface area contributed by atoms with Crippen molar-refractivity contribution in [2.45, 2.75) is 32.1 Å². The molecule has 0 aromatic carbocycles. The predicted octanol–water partition coefficient (Wildman–Crippen LogP) is 1.52. The van der Waals surface area contributed by atoms with Crippen molar-refractivity contribution < 1.29 is 21.1 Å². The Labute approximate surface area is 71.7 Å². The van der Waals surface area contributed by atoms with E-state index in [1.54, 1.807) is 0 Å². The standard InChI is InChI=1S/C7H15N.Pt/c8-6-7-4-2-1-3-5-7;/h7H,1-6,8H2;/q;+4. The third-order valence-corrected chi connectivity index (χ3v) is 2.06. The van der Waals surface area contributed by atoms with Crippen molar-refractivity contribution in [1.82, 2.24) is 0 Å². The molecule has 1 rings (SSSR count).